The van der Waals surface area contributed by atoms with Crippen LogP contribution in [-0.2, 0) is 13.8 Å². The highest BCUT2D eigenvalue weighted by atomic mass is 35.7. The van der Waals surface area contributed by atoms with Gasteiger partial charge in [-0.3, -0.25) is 4.79 Å². The number of amides is 1. The van der Waals surface area contributed by atoms with E-state index in [1.54, 1.807) is 7.05 Å². The second-order valence-electron chi connectivity index (χ2n) is 3.18. The number of benzene rings is 1. The summed E-state index contributed by atoms with van der Waals surface area (Å²) in [5, 5.41) is 2.46. The average Bonchev–Trinajstić information content (AvgIpc) is 2.28. The van der Waals surface area contributed by atoms with Gasteiger partial charge in [0.15, 0.2) is 0 Å². The van der Waals surface area contributed by atoms with E-state index >= 15 is 0 Å². The summed E-state index contributed by atoms with van der Waals surface area (Å²) in [5.41, 5.74) is 0. The predicted octanol–water partition coefficient (Wildman–Crippen LogP) is 1.13. The van der Waals surface area contributed by atoms with Crippen molar-refractivity contribution in [3.63, 3.8) is 0 Å². The number of carbonyl (C=O) groups is 1. The standard InChI is InChI=1S/C10H12ClNO4S/c1-12-10(13)6-7-16-8-2-4-9(5-3-8)17(11,14)15/h2-5H,6-7H2,1H3,(H,12,13). The van der Waals surface area contributed by atoms with E-state index in [4.69, 9.17) is 15.4 Å². The summed E-state index contributed by atoms with van der Waals surface area (Å²) in [6.45, 7) is 0.229. The Morgan fingerprint density at radius 2 is 1.94 bits per heavy atom. The number of nitrogens with one attached hydrogen (secondary N) is 1. The fraction of sp³-hybridized carbons (Fsp3) is 0.300. The summed E-state index contributed by atoms with van der Waals surface area (Å²) in [6, 6.07) is 5.66. The van der Waals surface area contributed by atoms with Gasteiger partial charge in [-0.05, 0) is 24.3 Å². The fourth-order valence-electron chi connectivity index (χ4n) is 1.08. The number of ether oxygens (including phenoxy) is 1. The van der Waals surface area contributed by atoms with Gasteiger partial charge in [0.25, 0.3) is 9.05 Å². The first-order valence-electron chi connectivity index (χ1n) is 4.81. The summed E-state index contributed by atoms with van der Waals surface area (Å²) in [6.07, 6.45) is 0.242. The van der Waals surface area contributed by atoms with Crippen LogP contribution in [0, 0.1) is 0 Å². The first-order chi connectivity index (χ1) is 7.93. The van der Waals surface area contributed by atoms with E-state index in [0.29, 0.717) is 5.75 Å². The molecular formula is C10H12ClNO4S. The molecule has 0 bridgehead atoms. The van der Waals surface area contributed by atoms with Crippen molar-refractivity contribution in [1.29, 1.82) is 0 Å². The van der Waals surface area contributed by atoms with Crippen LogP contribution in [0.3, 0.4) is 0 Å². The Morgan fingerprint density at radius 3 is 2.41 bits per heavy atom. The van der Waals surface area contributed by atoms with Crippen LogP contribution < -0.4 is 10.1 Å². The normalized spacial score (nSPS) is 10.9. The van der Waals surface area contributed by atoms with Gasteiger partial charge < -0.3 is 10.1 Å². The molecule has 0 spiro atoms. The maximum Gasteiger partial charge on any atom is 0.261 e. The predicted molar refractivity (Wildman–Crippen MR) is 63.7 cm³/mol. The molecule has 5 nitrogen and oxygen atoms in total. The highest BCUT2D eigenvalue weighted by Crippen LogP contribution is 2.18. The van der Waals surface area contributed by atoms with Gasteiger partial charge in [-0.2, -0.15) is 0 Å². The smallest absolute Gasteiger partial charge is 0.261 e. The molecule has 1 aromatic carbocycles. The van der Waals surface area contributed by atoms with Crippen LogP contribution in [-0.4, -0.2) is 28.0 Å². The number of rotatable bonds is 5. The van der Waals surface area contributed by atoms with Crippen molar-refractivity contribution in [2.45, 2.75) is 11.3 Å². The van der Waals surface area contributed by atoms with E-state index in [2.05, 4.69) is 5.32 Å². The van der Waals surface area contributed by atoms with Crippen molar-refractivity contribution in [2.75, 3.05) is 13.7 Å². The summed E-state index contributed by atoms with van der Waals surface area (Å²) in [7, 11) is 2.99. The summed E-state index contributed by atoms with van der Waals surface area (Å²) in [4.78, 5) is 10.9. The van der Waals surface area contributed by atoms with Crippen molar-refractivity contribution >= 4 is 25.6 Å². The lowest BCUT2D eigenvalue weighted by atomic mass is 10.3. The Hall–Kier alpha value is -1.27. The van der Waals surface area contributed by atoms with Crippen LogP contribution in [0.4, 0.5) is 0 Å². The molecule has 0 radical (unpaired) electrons. The van der Waals surface area contributed by atoms with Gasteiger partial charge >= 0.3 is 0 Å². The number of carbonyl (C=O) groups excluding carboxylic acids is 1. The molecule has 0 saturated carbocycles. The molecular weight excluding hydrogens is 266 g/mol. The number of hydrogen-bond acceptors (Lipinski definition) is 4. The highest BCUT2D eigenvalue weighted by Gasteiger charge is 2.09. The second kappa shape index (κ2) is 5.88. The quantitative estimate of drug-likeness (QED) is 0.819. The lowest BCUT2D eigenvalue weighted by Crippen LogP contribution is -2.20. The van der Waals surface area contributed by atoms with E-state index in [9.17, 15) is 13.2 Å². The van der Waals surface area contributed by atoms with E-state index < -0.39 is 9.05 Å². The van der Waals surface area contributed by atoms with E-state index in [0.717, 1.165) is 0 Å². The van der Waals surface area contributed by atoms with Crippen LogP contribution in [0.1, 0.15) is 6.42 Å². The molecule has 0 aliphatic rings. The lowest BCUT2D eigenvalue weighted by Gasteiger charge is -2.05. The largest absolute Gasteiger partial charge is 0.493 e. The zero-order valence-electron chi connectivity index (χ0n) is 9.14. The van der Waals surface area contributed by atoms with Crippen LogP contribution in [0.5, 0.6) is 5.75 Å². The third kappa shape index (κ3) is 4.62. The van der Waals surface area contributed by atoms with Gasteiger partial charge in [0.05, 0.1) is 17.9 Å². The molecule has 0 aromatic heterocycles. The van der Waals surface area contributed by atoms with Crippen LogP contribution in [0.25, 0.3) is 0 Å². The molecule has 1 aromatic rings. The molecule has 0 aliphatic carbocycles. The number of hydrogen-bond donors (Lipinski definition) is 1. The van der Waals surface area contributed by atoms with Crippen molar-refractivity contribution in [3.05, 3.63) is 24.3 Å². The van der Waals surface area contributed by atoms with E-state index in [-0.39, 0.29) is 23.8 Å². The summed E-state index contributed by atoms with van der Waals surface area (Å²) in [5.74, 6) is 0.364. The molecule has 0 heterocycles. The first-order valence-corrected chi connectivity index (χ1v) is 7.12. The molecule has 17 heavy (non-hydrogen) atoms. The molecule has 0 aliphatic heterocycles. The Bertz CT molecular complexity index is 484. The zero-order valence-corrected chi connectivity index (χ0v) is 10.7. The van der Waals surface area contributed by atoms with Crippen LogP contribution >= 0.6 is 10.7 Å². The molecule has 0 saturated heterocycles. The van der Waals surface area contributed by atoms with E-state index in [1.807, 2.05) is 0 Å². The van der Waals surface area contributed by atoms with E-state index in [1.165, 1.54) is 24.3 Å². The topological polar surface area (TPSA) is 72.5 Å². The Labute approximate surface area is 104 Å². The molecule has 94 valence electrons. The molecule has 0 fully saturated rings. The van der Waals surface area contributed by atoms with Gasteiger partial charge in [-0.1, -0.05) is 0 Å². The lowest BCUT2D eigenvalue weighted by molar-refractivity contribution is -0.121. The Kier molecular flexibility index (Phi) is 4.77. The van der Waals surface area contributed by atoms with Crippen molar-refractivity contribution < 1.29 is 17.9 Å². The minimum absolute atomic E-state index is 0.0119. The van der Waals surface area contributed by atoms with Gasteiger partial charge in [-0.25, -0.2) is 8.42 Å². The van der Waals surface area contributed by atoms with Gasteiger partial charge in [0.1, 0.15) is 5.75 Å². The van der Waals surface area contributed by atoms with Crippen molar-refractivity contribution in [2.24, 2.45) is 0 Å². The maximum atomic E-state index is 11.0. The molecule has 0 unspecified atom stereocenters. The first kappa shape index (κ1) is 13.8. The van der Waals surface area contributed by atoms with Crippen molar-refractivity contribution in [3.8, 4) is 5.75 Å². The summed E-state index contributed by atoms with van der Waals surface area (Å²) >= 11 is 0. The number of halogens is 1. The van der Waals surface area contributed by atoms with Crippen LogP contribution in [0.15, 0.2) is 29.2 Å². The van der Waals surface area contributed by atoms with Gasteiger partial charge in [0, 0.05) is 17.7 Å². The SMILES string of the molecule is CNC(=O)CCOc1ccc(S(=O)(=O)Cl)cc1. The maximum absolute atomic E-state index is 11.0. The van der Waals surface area contributed by atoms with Gasteiger partial charge in [-0.15, -0.1) is 0 Å². The monoisotopic (exact) mass is 277 g/mol. The molecule has 7 heteroatoms. The van der Waals surface area contributed by atoms with Crippen molar-refractivity contribution in [1.82, 2.24) is 5.32 Å². The van der Waals surface area contributed by atoms with Crippen LogP contribution in [0.2, 0.25) is 0 Å². The molecule has 1 amide bonds. The summed E-state index contributed by atoms with van der Waals surface area (Å²) < 4.78 is 27.2. The third-order valence-electron chi connectivity index (χ3n) is 1.98. The molecule has 1 rings (SSSR count). The molecule has 0 atom stereocenters. The average molecular weight is 278 g/mol. The minimum Gasteiger partial charge on any atom is -0.493 e. The zero-order chi connectivity index (χ0) is 12.9. The Morgan fingerprint density at radius 1 is 1.35 bits per heavy atom. The second-order valence-corrected chi connectivity index (χ2v) is 5.75. The fourth-order valence-corrected chi connectivity index (χ4v) is 1.85. The minimum atomic E-state index is -3.70. The molecule has 1 N–H and O–H groups in total. The third-order valence-corrected chi connectivity index (χ3v) is 3.35. The highest BCUT2D eigenvalue weighted by molar-refractivity contribution is 8.13. The van der Waals surface area contributed by atoms with Gasteiger partial charge in [0.2, 0.25) is 5.91 Å². The Balaban J connectivity index is 2.55.